The van der Waals surface area contributed by atoms with Gasteiger partial charge in [-0.3, -0.25) is 10.1 Å². The summed E-state index contributed by atoms with van der Waals surface area (Å²) in [4.78, 5) is 26.7. The van der Waals surface area contributed by atoms with Gasteiger partial charge >= 0.3 is 11.8 Å². The quantitative estimate of drug-likeness (QED) is 0.676. The summed E-state index contributed by atoms with van der Waals surface area (Å²) in [6, 6.07) is 2.53. The van der Waals surface area contributed by atoms with Crippen LogP contribution >= 0.6 is 0 Å². The molecular formula is C13H12F2N4O4. The molecule has 10 heteroatoms. The Labute approximate surface area is 129 Å². The molecule has 1 aliphatic heterocycles. The monoisotopic (exact) mass is 326 g/mol. The van der Waals surface area contributed by atoms with Crippen molar-refractivity contribution in [2.24, 2.45) is 4.99 Å². The second-order valence-electron chi connectivity index (χ2n) is 4.39. The van der Waals surface area contributed by atoms with Gasteiger partial charge in [-0.15, -0.1) is 0 Å². The Bertz CT molecular complexity index is 672. The molecule has 1 aliphatic rings. The normalized spacial score (nSPS) is 16.7. The minimum Gasteiger partial charge on any atom is -0.449 e. The lowest BCUT2D eigenvalue weighted by Gasteiger charge is -2.28. The third kappa shape index (κ3) is 3.78. The van der Waals surface area contributed by atoms with Crippen molar-refractivity contribution in [1.29, 1.82) is 0 Å². The van der Waals surface area contributed by atoms with E-state index in [2.05, 4.69) is 10.3 Å². The van der Waals surface area contributed by atoms with E-state index < -0.39 is 34.5 Å². The van der Waals surface area contributed by atoms with Crippen LogP contribution in [-0.4, -0.2) is 35.0 Å². The van der Waals surface area contributed by atoms with Crippen molar-refractivity contribution >= 4 is 18.1 Å². The van der Waals surface area contributed by atoms with Gasteiger partial charge in [-0.1, -0.05) is 0 Å². The molecule has 0 radical (unpaired) electrons. The summed E-state index contributed by atoms with van der Waals surface area (Å²) in [6.45, 7) is 1.61. The lowest BCUT2D eigenvalue weighted by molar-refractivity contribution is -0.431. The lowest BCUT2D eigenvalue weighted by Crippen LogP contribution is -2.48. The van der Waals surface area contributed by atoms with Crippen LogP contribution in [0.25, 0.3) is 0 Å². The Kier molecular flexibility index (Phi) is 4.84. The van der Waals surface area contributed by atoms with Gasteiger partial charge in [0.1, 0.15) is 24.2 Å². The average molecular weight is 326 g/mol. The van der Waals surface area contributed by atoms with Crippen molar-refractivity contribution in [2.45, 2.75) is 13.1 Å². The van der Waals surface area contributed by atoms with Crippen molar-refractivity contribution in [1.82, 2.24) is 4.90 Å². The maximum absolute atomic E-state index is 13.3. The number of halogens is 2. The Hall–Kier alpha value is -3.04. The molecule has 0 saturated carbocycles. The first-order valence-electron chi connectivity index (χ1n) is 6.48. The fourth-order valence-corrected chi connectivity index (χ4v) is 1.90. The Morgan fingerprint density at radius 2 is 2.09 bits per heavy atom. The van der Waals surface area contributed by atoms with Crippen LogP contribution in [0.2, 0.25) is 0 Å². The molecule has 23 heavy (non-hydrogen) atoms. The van der Waals surface area contributed by atoms with Crippen molar-refractivity contribution in [3.05, 3.63) is 51.8 Å². The summed E-state index contributed by atoms with van der Waals surface area (Å²) < 4.78 is 31.3. The van der Waals surface area contributed by atoms with E-state index >= 15 is 0 Å². The number of anilines is 1. The van der Waals surface area contributed by atoms with Gasteiger partial charge in [-0.25, -0.2) is 23.5 Å². The van der Waals surface area contributed by atoms with Crippen molar-refractivity contribution in [3.63, 3.8) is 0 Å². The highest BCUT2D eigenvalue weighted by Crippen LogP contribution is 2.21. The number of carbonyl (C=O) groups is 1. The predicted molar refractivity (Wildman–Crippen MR) is 76.2 cm³/mol. The molecule has 1 heterocycles. The van der Waals surface area contributed by atoms with Crippen LogP contribution in [0.3, 0.4) is 0 Å². The van der Waals surface area contributed by atoms with Crippen LogP contribution in [0, 0.1) is 21.7 Å². The highest BCUT2D eigenvalue weighted by atomic mass is 19.1. The van der Waals surface area contributed by atoms with Crippen LogP contribution in [0.5, 0.6) is 0 Å². The van der Waals surface area contributed by atoms with E-state index in [0.29, 0.717) is 6.07 Å². The van der Waals surface area contributed by atoms with Gasteiger partial charge in [0, 0.05) is 11.8 Å². The third-order valence-electron chi connectivity index (χ3n) is 2.81. The van der Waals surface area contributed by atoms with Crippen molar-refractivity contribution in [2.75, 3.05) is 11.9 Å². The number of aliphatic imine (C=N–C) groups is 1. The molecule has 122 valence electrons. The number of ether oxygens (including phenoxy) is 1. The first-order chi connectivity index (χ1) is 10.9. The second-order valence-corrected chi connectivity index (χ2v) is 4.39. The smallest absolute Gasteiger partial charge is 0.417 e. The van der Waals surface area contributed by atoms with Crippen molar-refractivity contribution in [3.8, 4) is 0 Å². The van der Waals surface area contributed by atoms with E-state index in [1.54, 1.807) is 6.92 Å². The lowest BCUT2D eigenvalue weighted by atomic mass is 10.2. The molecule has 1 atom stereocenters. The molecule has 1 aromatic rings. The maximum Gasteiger partial charge on any atom is 0.417 e. The maximum atomic E-state index is 13.3. The first kappa shape index (κ1) is 16.3. The fraction of sp³-hybridized carbons (Fsp3) is 0.231. The molecule has 2 rings (SSSR count). The van der Waals surface area contributed by atoms with E-state index in [0.717, 1.165) is 29.6 Å². The van der Waals surface area contributed by atoms with E-state index in [1.165, 1.54) is 0 Å². The van der Waals surface area contributed by atoms with Crippen molar-refractivity contribution < 1.29 is 23.2 Å². The number of nitrogens with zero attached hydrogens (tertiary/aromatic N) is 3. The molecule has 0 fully saturated rings. The molecule has 1 aromatic carbocycles. The molecule has 0 saturated heterocycles. The zero-order chi connectivity index (χ0) is 17.0. The molecule has 0 spiro atoms. The summed E-state index contributed by atoms with van der Waals surface area (Å²) in [5, 5.41) is 13.6. The zero-order valence-electron chi connectivity index (χ0n) is 11.9. The topological polar surface area (TPSA) is 97.1 Å². The first-order valence-corrected chi connectivity index (χ1v) is 6.48. The van der Waals surface area contributed by atoms with Gasteiger partial charge in [-0.2, -0.15) is 0 Å². The number of amides is 1. The molecule has 1 unspecified atom stereocenters. The third-order valence-corrected chi connectivity index (χ3v) is 2.81. The largest absolute Gasteiger partial charge is 0.449 e. The number of rotatable bonds is 4. The summed E-state index contributed by atoms with van der Waals surface area (Å²) >= 11 is 0. The second kappa shape index (κ2) is 6.81. The van der Waals surface area contributed by atoms with Gasteiger partial charge in [0.25, 0.3) is 0 Å². The Balaban J connectivity index is 2.34. The summed E-state index contributed by atoms with van der Waals surface area (Å²) in [7, 11) is 0. The number of benzene rings is 1. The van der Waals surface area contributed by atoms with Crippen LogP contribution in [-0.2, 0) is 4.74 Å². The van der Waals surface area contributed by atoms with E-state index in [4.69, 9.17) is 4.74 Å². The van der Waals surface area contributed by atoms with E-state index in [-0.39, 0.29) is 12.3 Å². The Morgan fingerprint density at radius 3 is 2.65 bits per heavy atom. The SMILES string of the molecule is CCOC(=O)N1C=NC=C([N+](=O)[O-])C1Nc1cc(F)cc(F)c1. The summed E-state index contributed by atoms with van der Waals surface area (Å²) in [5.41, 5.74) is -0.560. The standard InChI is InChI=1S/C13H12F2N4O4/c1-2-23-13(20)18-7-16-6-11(19(21)22)12(18)17-10-4-8(14)3-9(15)5-10/h3-7,12,17H,2H2,1H3. The molecule has 0 aromatic heterocycles. The highest BCUT2D eigenvalue weighted by molar-refractivity contribution is 5.84. The Morgan fingerprint density at radius 1 is 1.43 bits per heavy atom. The van der Waals surface area contributed by atoms with Crippen LogP contribution < -0.4 is 5.32 Å². The van der Waals surface area contributed by atoms with E-state index in [9.17, 15) is 23.7 Å². The van der Waals surface area contributed by atoms with Gasteiger partial charge in [0.05, 0.1) is 11.5 Å². The fourth-order valence-electron chi connectivity index (χ4n) is 1.90. The molecule has 0 aliphatic carbocycles. The number of nitrogens with one attached hydrogen (secondary N) is 1. The van der Waals surface area contributed by atoms with E-state index in [1.807, 2.05) is 0 Å². The highest BCUT2D eigenvalue weighted by Gasteiger charge is 2.36. The van der Waals surface area contributed by atoms with Crippen LogP contribution in [0.15, 0.2) is 35.1 Å². The van der Waals surface area contributed by atoms with Gasteiger partial charge < -0.3 is 10.1 Å². The van der Waals surface area contributed by atoms with Gasteiger partial charge in [0.2, 0.25) is 6.17 Å². The number of nitro groups is 1. The minimum atomic E-state index is -1.33. The molecule has 1 N–H and O–H groups in total. The molecule has 0 bridgehead atoms. The summed E-state index contributed by atoms with van der Waals surface area (Å²) in [6.07, 6.45) is -0.262. The van der Waals surface area contributed by atoms with Crippen LogP contribution in [0.4, 0.5) is 19.3 Å². The number of hydrogen-bond acceptors (Lipinski definition) is 6. The number of hydrogen-bond donors (Lipinski definition) is 1. The molecule has 1 amide bonds. The van der Waals surface area contributed by atoms with Gasteiger partial charge in [-0.05, 0) is 19.1 Å². The zero-order valence-corrected chi connectivity index (χ0v) is 11.9. The average Bonchev–Trinajstić information content (AvgIpc) is 2.46. The molecular weight excluding hydrogens is 314 g/mol. The predicted octanol–water partition coefficient (Wildman–Crippen LogP) is 2.32. The van der Waals surface area contributed by atoms with Crippen LogP contribution in [0.1, 0.15) is 6.92 Å². The number of carbonyl (C=O) groups excluding carboxylic acids is 1. The summed E-state index contributed by atoms with van der Waals surface area (Å²) in [5.74, 6) is -1.74. The molecule has 8 nitrogen and oxygen atoms in total. The minimum absolute atomic E-state index is 0.0436. The van der Waals surface area contributed by atoms with Gasteiger partial charge in [0.15, 0.2) is 0 Å².